The van der Waals surface area contributed by atoms with Gasteiger partial charge in [-0.2, -0.15) is 0 Å². The maximum absolute atomic E-state index is 13.7. The minimum atomic E-state index is -1.06. The third kappa shape index (κ3) is 4.56. The van der Waals surface area contributed by atoms with Gasteiger partial charge in [0.15, 0.2) is 0 Å². The molecule has 0 aromatic heterocycles. The van der Waals surface area contributed by atoms with Crippen molar-refractivity contribution in [1.29, 1.82) is 0 Å². The highest BCUT2D eigenvalue weighted by Crippen LogP contribution is 2.20. The summed E-state index contributed by atoms with van der Waals surface area (Å²) in [7, 11) is -1.06. The summed E-state index contributed by atoms with van der Waals surface area (Å²) < 4.78 is 38.4. The Labute approximate surface area is 119 Å². The van der Waals surface area contributed by atoms with Crippen molar-refractivity contribution in [2.45, 2.75) is 19.9 Å². The highest BCUT2D eigenvalue weighted by Gasteiger charge is 2.16. The van der Waals surface area contributed by atoms with Gasteiger partial charge in [0.2, 0.25) is 0 Å². The van der Waals surface area contributed by atoms with Crippen molar-refractivity contribution in [1.82, 2.24) is 5.32 Å². The Hall–Kier alpha value is -1.50. The molecule has 0 aliphatic rings. The highest BCUT2D eigenvalue weighted by molar-refractivity contribution is 7.84. The lowest BCUT2D eigenvalue weighted by molar-refractivity contribution is 0.0943. The van der Waals surface area contributed by atoms with Crippen LogP contribution in [0.3, 0.4) is 0 Å². The predicted octanol–water partition coefficient (Wildman–Crippen LogP) is 1.89. The third-order valence-electron chi connectivity index (χ3n) is 2.52. The second-order valence-electron chi connectivity index (χ2n) is 4.46. The number of hydrogen-bond donors (Lipinski definition) is 2. The number of anilines is 1. The number of benzene rings is 1. The predicted molar refractivity (Wildman–Crippen MR) is 76.4 cm³/mol. The van der Waals surface area contributed by atoms with E-state index in [9.17, 15) is 17.8 Å². The molecule has 1 amide bonds. The van der Waals surface area contributed by atoms with Crippen LogP contribution >= 0.6 is 0 Å². The largest absolute Gasteiger partial charge is 0.381 e. The fourth-order valence-corrected chi connectivity index (χ4v) is 2.54. The van der Waals surface area contributed by atoms with E-state index in [1.165, 1.54) is 6.26 Å². The molecule has 7 heteroatoms. The molecule has 0 bridgehead atoms. The molecule has 4 nitrogen and oxygen atoms in total. The van der Waals surface area contributed by atoms with Crippen LogP contribution < -0.4 is 10.6 Å². The lowest BCUT2D eigenvalue weighted by Gasteiger charge is -2.13. The summed E-state index contributed by atoms with van der Waals surface area (Å²) in [5, 5.41) is 5.10. The number of carbonyl (C=O) groups excluding carboxylic acids is 1. The molecule has 112 valence electrons. The number of amides is 1. The molecule has 1 aromatic rings. The summed E-state index contributed by atoms with van der Waals surface area (Å²) in [6.07, 6.45) is 1.52. The summed E-state index contributed by atoms with van der Waals surface area (Å²) in [5.41, 5.74) is -0.345. The Kier molecular flexibility index (Phi) is 6.06. The Morgan fingerprint density at radius 2 is 1.90 bits per heavy atom. The number of halogens is 2. The van der Waals surface area contributed by atoms with Crippen molar-refractivity contribution in [3.63, 3.8) is 0 Å². The number of hydrogen-bond acceptors (Lipinski definition) is 3. The van der Waals surface area contributed by atoms with Crippen molar-refractivity contribution in [2.24, 2.45) is 0 Å². The van der Waals surface area contributed by atoms with Gasteiger partial charge in [-0.25, -0.2) is 8.78 Å². The van der Waals surface area contributed by atoms with E-state index in [0.29, 0.717) is 6.54 Å². The van der Waals surface area contributed by atoms with Crippen LogP contribution in [0.5, 0.6) is 0 Å². The first kappa shape index (κ1) is 16.6. The molecule has 0 fully saturated rings. The number of rotatable bonds is 6. The van der Waals surface area contributed by atoms with Crippen molar-refractivity contribution in [2.75, 3.05) is 23.9 Å². The molecular formula is C13H18F2N2O2S. The molecule has 0 saturated heterocycles. The molecule has 0 saturated carbocycles. The van der Waals surface area contributed by atoms with Gasteiger partial charge >= 0.3 is 0 Å². The molecule has 1 rings (SSSR count). The number of nitrogens with one attached hydrogen (secondary N) is 2. The smallest absolute Gasteiger partial charge is 0.251 e. The van der Waals surface area contributed by atoms with E-state index in [-0.39, 0.29) is 23.0 Å². The van der Waals surface area contributed by atoms with Crippen molar-refractivity contribution in [3.8, 4) is 0 Å². The monoisotopic (exact) mass is 304 g/mol. The van der Waals surface area contributed by atoms with Gasteiger partial charge in [0.05, 0.1) is 0 Å². The van der Waals surface area contributed by atoms with Gasteiger partial charge in [-0.05, 0) is 26.0 Å². The highest BCUT2D eigenvalue weighted by atomic mass is 32.2. The van der Waals surface area contributed by atoms with Crippen LogP contribution in [0, 0.1) is 11.6 Å². The van der Waals surface area contributed by atoms with E-state index in [4.69, 9.17) is 0 Å². The number of carbonyl (C=O) groups is 1. The maximum Gasteiger partial charge on any atom is 0.251 e. The molecule has 0 aliphatic heterocycles. The lowest BCUT2D eigenvalue weighted by atomic mass is 10.1. The van der Waals surface area contributed by atoms with E-state index in [0.717, 1.165) is 12.1 Å². The van der Waals surface area contributed by atoms with Crippen LogP contribution in [-0.4, -0.2) is 34.7 Å². The van der Waals surface area contributed by atoms with Crippen molar-refractivity contribution < 1.29 is 17.8 Å². The Balaban J connectivity index is 2.86. The van der Waals surface area contributed by atoms with Crippen LogP contribution in [0.1, 0.15) is 24.2 Å². The molecule has 0 spiro atoms. The average Bonchev–Trinajstić information content (AvgIpc) is 2.32. The Morgan fingerprint density at radius 1 is 1.35 bits per heavy atom. The summed E-state index contributed by atoms with van der Waals surface area (Å²) in [4.78, 5) is 11.8. The van der Waals surface area contributed by atoms with Crippen LogP contribution in [0.15, 0.2) is 12.1 Å². The van der Waals surface area contributed by atoms with Crippen LogP contribution in [0.25, 0.3) is 0 Å². The summed E-state index contributed by atoms with van der Waals surface area (Å²) in [6.45, 7) is 3.77. The second-order valence-corrected chi connectivity index (χ2v) is 5.94. The summed E-state index contributed by atoms with van der Waals surface area (Å²) in [5.74, 6) is -1.94. The molecular weight excluding hydrogens is 286 g/mol. The first-order valence-corrected chi connectivity index (χ1v) is 7.91. The van der Waals surface area contributed by atoms with Gasteiger partial charge in [-0.1, -0.05) is 0 Å². The first-order chi connectivity index (χ1) is 9.35. The van der Waals surface area contributed by atoms with E-state index in [2.05, 4.69) is 10.6 Å². The lowest BCUT2D eigenvalue weighted by Crippen LogP contribution is -2.36. The molecule has 1 aromatic carbocycles. The van der Waals surface area contributed by atoms with E-state index in [1.807, 2.05) is 0 Å². The minimum Gasteiger partial charge on any atom is -0.381 e. The van der Waals surface area contributed by atoms with E-state index >= 15 is 0 Å². The van der Waals surface area contributed by atoms with Gasteiger partial charge in [-0.15, -0.1) is 0 Å². The van der Waals surface area contributed by atoms with Crippen LogP contribution in [-0.2, 0) is 10.8 Å². The van der Waals surface area contributed by atoms with Gasteiger partial charge in [-0.3, -0.25) is 9.00 Å². The van der Waals surface area contributed by atoms with Crippen molar-refractivity contribution in [3.05, 3.63) is 29.3 Å². The normalized spacial score (nSPS) is 13.7. The Morgan fingerprint density at radius 3 is 2.35 bits per heavy atom. The average molecular weight is 304 g/mol. The van der Waals surface area contributed by atoms with Gasteiger partial charge in [0.1, 0.15) is 17.3 Å². The van der Waals surface area contributed by atoms with Crippen LogP contribution in [0.4, 0.5) is 14.5 Å². The second kappa shape index (κ2) is 7.33. The summed E-state index contributed by atoms with van der Waals surface area (Å²) in [6, 6.07) is 1.62. The van der Waals surface area contributed by atoms with Gasteiger partial charge < -0.3 is 10.6 Å². The zero-order valence-corrected chi connectivity index (χ0v) is 12.4. The molecule has 2 atom stereocenters. The fraction of sp³-hybridized carbons (Fsp3) is 0.462. The molecule has 20 heavy (non-hydrogen) atoms. The fourth-order valence-electron chi connectivity index (χ4n) is 1.75. The SMILES string of the molecule is CCNc1c(F)cc(C(=O)NC(C)CS(C)=O)cc1F. The topological polar surface area (TPSA) is 58.2 Å². The van der Waals surface area contributed by atoms with Crippen molar-refractivity contribution >= 4 is 22.4 Å². The molecule has 0 heterocycles. The van der Waals surface area contributed by atoms with E-state index in [1.54, 1.807) is 13.8 Å². The summed E-state index contributed by atoms with van der Waals surface area (Å²) >= 11 is 0. The minimum absolute atomic E-state index is 0.101. The zero-order chi connectivity index (χ0) is 15.3. The van der Waals surface area contributed by atoms with Gasteiger partial charge in [0, 0.05) is 41.0 Å². The molecule has 2 unspecified atom stereocenters. The molecule has 0 radical (unpaired) electrons. The zero-order valence-electron chi connectivity index (χ0n) is 11.6. The standard InChI is InChI=1S/C13H18F2N2O2S/c1-4-16-12-10(14)5-9(6-11(12)15)13(18)17-8(2)7-20(3)19/h5-6,8,16H,4,7H2,1-3H3,(H,17,18). The molecule has 2 N–H and O–H groups in total. The quantitative estimate of drug-likeness (QED) is 0.844. The van der Waals surface area contributed by atoms with Crippen LogP contribution in [0.2, 0.25) is 0 Å². The third-order valence-corrected chi connectivity index (χ3v) is 3.49. The first-order valence-electron chi connectivity index (χ1n) is 6.19. The molecule has 0 aliphatic carbocycles. The van der Waals surface area contributed by atoms with Gasteiger partial charge in [0.25, 0.3) is 5.91 Å². The Bertz CT molecular complexity index is 500. The maximum atomic E-state index is 13.7. The van der Waals surface area contributed by atoms with E-state index < -0.39 is 28.3 Å².